The van der Waals surface area contributed by atoms with Gasteiger partial charge in [-0.05, 0) is 49.1 Å². The van der Waals surface area contributed by atoms with Crippen molar-refractivity contribution < 1.29 is 4.79 Å². The summed E-state index contributed by atoms with van der Waals surface area (Å²) in [4.78, 5) is 11.7. The largest absolute Gasteiger partial charge is 0.355 e. The topological polar surface area (TPSA) is 41.1 Å². The number of carbonyl (C=O) groups is 1. The zero-order valence-corrected chi connectivity index (χ0v) is 14.0. The summed E-state index contributed by atoms with van der Waals surface area (Å²) in [6, 6.07) is 18.1. The molecule has 0 aliphatic heterocycles. The van der Waals surface area contributed by atoms with Crippen LogP contribution in [0.2, 0.25) is 5.02 Å². The van der Waals surface area contributed by atoms with Gasteiger partial charge in [0.15, 0.2) is 0 Å². The van der Waals surface area contributed by atoms with Gasteiger partial charge in [-0.15, -0.1) is 0 Å². The highest BCUT2D eigenvalue weighted by Gasteiger charge is 2.00. The normalized spacial score (nSPS) is 10.5. The van der Waals surface area contributed by atoms with Gasteiger partial charge in [-0.25, -0.2) is 0 Å². The Hall–Kier alpha value is -1.84. The van der Waals surface area contributed by atoms with Crippen LogP contribution in [-0.2, 0) is 17.6 Å². The molecule has 0 fully saturated rings. The number of benzene rings is 2. The zero-order chi connectivity index (χ0) is 16.3. The molecule has 122 valence electrons. The average molecular weight is 331 g/mol. The highest BCUT2D eigenvalue weighted by molar-refractivity contribution is 6.30. The fourth-order valence-corrected chi connectivity index (χ4v) is 2.45. The SMILES string of the molecule is O=C(CNCCCc1ccccc1)NCCc1ccc(Cl)cc1. The Morgan fingerprint density at radius 2 is 1.57 bits per heavy atom. The first-order valence-corrected chi connectivity index (χ1v) is 8.37. The minimum absolute atomic E-state index is 0.0404. The third kappa shape index (κ3) is 7.31. The number of hydrogen-bond donors (Lipinski definition) is 2. The van der Waals surface area contributed by atoms with Gasteiger partial charge in [0.05, 0.1) is 6.54 Å². The van der Waals surface area contributed by atoms with Gasteiger partial charge >= 0.3 is 0 Å². The van der Waals surface area contributed by atoms with Gasteiger partial charge in [-0.2, -0.15) is 0 Å². The highest BCUT2D eigenvalue weighted by atomic mass is 35.5. The van der Waals surface area contributed by atoms with Crippen LogP contribution in [0.5, 0.6) is 0 Å². The van der Waals surface area contributed by atoms with Crippen molar-refractivity contribution in [1.29, 1.82) is 0 Å². The monoisotopic (exact) mass is 330 g/mol. The van der Waals surface area contributed by atoms with Crippen molar-refractivity contribution in [3.63, 3.8) is 0 Å². The van der Waals surface area contributed by atoms with E-state index in [0.717, 1.165) is 30.8 Å². The van der Waals surface area contributed by atoms with Crippen molar-refractivity contribution in [1.82, 2.24) is 10.6 Å². The summed E-state index contributed by atoms with van der Waals surface area (Å²) in [6.45, 7) is 1.86. The van der Waals surface area contributed by atoms with E-state index in [9.17, 15) is 4.79 Å². The Morgan fingerprint density at radius 1 is 0.870 bits per heavy atom. The third-order valence-electron chi connectivity index (χ3n) is 3.60. The van der Waals surface area contributed by atoms with Crippen LogP contribution < -0.4 is 10.6 Å². The Kier molecular flexibility index (Phi) is 7.64. The molecule has 0 radical (unpaired) electrons. The summed E-state index contributed by atoms with van der Waals surface area (Å²) in [7, 11) is 0. The van der Waals surface area contributed by atoms with Gasteiger partial charge in [-0.3, -0.25) is 4.79 Å². The average Bonchev–Trinajstić information content (AvgIpc) is 2.57. The van der Waals surface area contributed by atoms with Gasteiger partial charge in [0.2, 0.25) is 5.91 Å². The van der Waals surface area contributed by atoms with E-state index in [1.807, 2.05) is 30.3 Å². The number of carbonyl (C=O) groups excluding carboxylic acids is 1. The Morgan fingerprint density at radius 3 is 2.30 bits per heavy atom. The molecule has 2 rings (SSSR count). The molecule has 0 heterocycles. The molecule has 2 N–H and O–H groups in total. The van der Waals surface area contributed by atoms with Crippen LogP contribution in [0.4, 0.5) is 0 Å². The second kappa shape index (κ2) is 10.0. The highest BCUT2D eigenvalue weighted by Crippen LogP contribution is 2.09. The number of amides is 1. The lowest BCUT2D eigenvalue weighted by Gasteiger charge is -2.07. The number of hydrogen-bond acceptors (Lipinski definition) is 2. The van der Waals surface area contributed by atoms with E-state index in [2.05, 4.69) is 34.9 Å². The molecule has 3 nitrogen and oxygen atoms in total. The lowest BCUT2D eigenvalue weighted by molar-refractivity contribution is -0.120. The van der Waals surface area contributed by atoms with Crippen molar-refractivity contribution in [2.75, 3.05) is 19.6 Å². The standard InChI is InChI=1S/C19H23ClN2O/c20-18-10-8-17(9-11-18)12-14-22-19(23)15-21-13-4-7-16-5-2-1-3-6-16/h1-3,5-6,8-11,21H,4,7,12-15H2,(H,22,23). The predicted octanol–water partition coefficient (Wildman–Crippen LogP) is 3.22. The van der Waals surface area contributed by atoms with Crippen molar-refractivity contribution in [2.45, 2.75) is 19.3 Å². The molecule has 4 heteroatoms. The van der Waals surface area contributed by atoms with Crippen LogP contribution in [0.25, 0.3) is 0 Å². The summed E-state index contributed by atoms with van der Waals surface area (Å²) in [5.74, 6) is 0.0404. The minimum atomic E-state index is 0.0404. The van der Waals surface area contributed by atoms with Crippen LogP contribution >= 0.6 is 11.6 Å². The van der Waals surface area contributed by atoms with Crippen molar-refractivity contribution in [3.05, 3.63) is 70.7 Å². The maximum Gasteiger partial charge on any atom is 0.233 e. The number of rotatable bonds is 9. The molecule has 23 heavy (non-hydrogen) atoms. The summed E-state index contributed by atoms with van der Waals surface area (Å²) in [6.07, 6.45) is 2.88. The molecule has 1 amide bonds. The molecular weight excluding hydrogens is 308 g/mol. The van der Waals surface area contributed by atoms with Crippen LogP contribution in [0.15, 0.2) is 54.6 Å². The first kappa shape index (κ1) is 17.5. The Labute approximate surface area is 143 Å². The van der Waals surface area contributed by atoms with E-state index >= 15 is 0 Å². The third-order valence-corrected chi connectivity index (χ3v) is 3.85. The Bertz CT molecular complexity index is 584. The number of nitrogens with one attached hydrogen (secondary N) is 2. The number of halogens is 1. The van der Waals surface area contributed by atoms with Gasteiger partial charge in [0.1, 0.15) is 0 Å². The fourth-order valence-electron chi connectivity index (χ4n) is 2.32. The zero-order valence-electron chi connectivity index (χ0n) is 13.2. The van der Waals surface area contributed by atoms with E-state index in [-0.39, 0.29) is 5.91 Å². The smallest absolute Gasteiger partial charge is 0.233 e. The molecule has 2 aromatic rings. The summed E-state index contributed by atoms with van der Waals surface area (Å²) in [5.41, 5.74) is 2.51. The summed E-state index contributed by atoms with van der Waals surface area (Å²) in [5, 5.41) is 6.84. The molecule has 0 saturated heterocycles. The second-order valence-corrected chi connectivity index (χ2v) is 5.93. The Balaban J connectivity index is 1.51. The molecule has 2 aromatic carbocycles. The maximum absolute atomic E-state index is 11.7. The first-order chi connectivity index (χ1) is 11.2. The molecule has 0 saturated carbocycles. The summed E-state index contributed by atoms with van der Waals surface area (Å²) < 4.78 is 0. The maximum atomic E-state index is 11.7. The molecule has 0 unspecified atom stereocenters. The van der Waals surface area contributed by atoms with Crippen molar-refractivity contribution in [2.24, 2.45) is 0 Å². The van der Waals surface area contributed by atoms with Crippen LogP contribution in [0, 0.1) is 0 Å². The van der Waals surface area contributed by atoms with Crippen molar-refractivity contribution >= 4 is 17.5 Å². The quantitative estimate of drug-likeness (QED) is 0.693. The lowest BCUT2D eigenvalue weighted by Crippen LogP contribution is -2.35. The molecule has 0 aromatic heterocycles. The van der Waals surface area contributed by atoms with Crippen molar-refractivity contribution in [3.8, 4) is 0 Å². The van der Waals surface area contributed by atoms with E-state index in [1.54, 1.807) is 0 Å². The molecule has 0 atom stereocenters. The molecule has 0 bridgehead atoms. The molecule has 0 aliphatic rings. The van der Waals surface area contributed by atoms with Crippen LogP contribution in [0.1, 0.15) is 17.5 Å². The summed E-state index contributed by atoms with van der Waals surface area (Å²) >= 11 is 5.84. The predicted molar refractivity (Wildman–Crippen MR) is 95.8 cm³/mol. The van der Waals surface area contributed by atoms with Gasteiger partial charge < -0.3 is 10.6 Å². The van der Waals surface area contributed by atoms with E-state index < -0.39 is 0 Å². The van der Waals surface area contributed by atoms with E-state index in [4.69, 9.17) is 11.6 Å². The molecule has 0 spiro atoms. The van der Waals surface area contributed by atoms with Gasteiger partial charge in [0.25, 0.3) is 0 Å². The van der Waals surface area contributed by atoms with Gasteiger partial charge in [-0.1, -0.05) is 54.1 Å². The van der Waals surface area contributed by atoms with Crippen LogP contribution in [0.3, 0.4) is 0 Å². The van der Waals surface area contributed by atoms with E-state index in [1.165, 1.54) is 11.1 Å². The molecular formula is C19H23ClN2O. The lowest BCUT2D eigenvalue weighted by atomic mass is 10.1. The molecule has 0 aliphatic carbocycles. The minimum Gasteiger partial charge on any atom is -0.355 e. The second-order valence-electron chi connectivity index (χ2n) is 5.49. The van der Waals surface area contributed by atoms with Crippen LogP contribution in [-0.4, -0.2) is 25.5 Å². The number of aryl methyl sites for hydroxylation is 1. The van der Waals surface area contributed by atoms with Gasteiger partial charge in [0, 0.05) is 11.6 Å². The first-order valence-electron chi connectivity index (χ1n) is 8.00. The van der Waals surface area contributed by atoms with E-state index in [0.29, 0.717) is 13.1 Å². The fraction of sp³-hybridized carbons (Fsp3) is 0.316.